The van der Waals surface area contributed by atoms with Crippen molar-refractivity contribution in [1.82, 2.24) is 5.32 Å². The van der Waals surface area contributed by atoms with E-state index in [9.17, 15) is 4.39 Å². The molecule has 0 aliphatic heterocycles. The first kappa shape index (κ1) is 16.0. The molecule has 0 heterocycles. The third-order valence-corrected chi connectivity index (χ3v) is 3.71. The molecule has 1 N–H and O–H groups in total. The fourth-order valence-corrected chi connectivity index (χ4v) is 2.49. The Morgan fingerprint density at radius 1 is 1.19 bits per heavy atom. The van der Waals surface area contributed by atoms with Crippen LogP contribution in [-0.2, 0) is 11.2 Å². The molecule has 0 radical (unpaired) electrons. The van der Waals surface area contributed by atoms with Gasteiger partial charge in [-0.25, -0.2) is 4.39 Å². The van der Waals surface area contributed by atoms with E-state index in [0.717, 1.165) is 12.0 Å². The van der Waals surface area contributed by atoms with Gasteiger partial charge in [-0.2, -0.15) is 0 Å². The number of ether oxygens (including phenoxy) is 1. The van der Waals surface area contributed by atoms with Gasteiger partial charge in [-0.15, -0.1) is 0 Å². The molecular weight excluding hydrogens is 289 g/mol. The molecule has 0 fully saturated rings. The highest BCUT2D eigenvalue weighted by Crippen LogP contribution is 2.26. The van der Waals surface area contributed by atoms with Gasteiger partial charge in [-0.1, -0.05) is 41.9 Å². The SMILES string of the molecule is CNC(c1ccc(CCOC)cc1)c1ccc(Cl)cc1F. The molecule has 0 saturated carbocycles. The van der Waals surface area contributed by atoms with Gasteiger partial charge >= 0.3 is 0 Å². The molecule has 21 heavy (non-hydrogen) atoms. The standard InChI is InChI=1S/C17H19ClFNO/c1-20-17(15-8-7-14(18)11-16(15)19)13-5-3-12(4-6-13)9-10-21-2/h3-8,11,17,20H,9-10H2,1-2H3. The third-order valence-electron chi connectivity index (χ3n) is 3.47. The highest BCUT2D eigenvalue weighted by Gasteiger charge is 2.16. The molecule has 4 heteroatoms. The summed E-state index contributed by atoms with van der Waals surface area (Å²) >= 11 is 5.81. The lowest BCUT2D eigenvalue weighted by molar-refractivity contribution is 0.202. The van der Waals surface area contributed by atoms with Gasteiger partial charge < -0.3 is 10.1 Å². The number of halogens is 2. The number of benzene rings is 2. The first-order valence-corrected chi connectivity index (χ1v) is 7.23. The normalized spacial score (nSPS) is 12.4. The van der Waals surface area contributed by atoms with E-state index in [4.69, 9.17) is 16.3 Å². The smallest absolute Gasteiger partial charge is 0.129 e. The summed E-state index contributed by atoms with van der Waals surface area (Å²) in [5.74, 6) is -0.301. The van der Waals surface area contributed by atoms with Gasteiger partial charge in [0.2, 0.25) is 0 Å². The van der Waals surface area contributed by atoms with Crippen LogP contribution in [0.15, 0.2) is 42.5 Å². The van der Waals surface area contributed by atoms with Crippen molar-refractivity contribution in [3.63, 3.8) is 0 Å². The summed E-state index contributed by atoms with van der Waals surface area (Å²) in [5, 5.41) is 3.55. The van der Waals surface area contributed by atoms with E-state index in [1.807, 2.05) is 31.3 Å². The number of hydrogen-bond acceptors (Lipinski definition) is 2. The fraction of sp³-hybridized carbons (Fsp3) is 0.294. The molecule has 0 bridgehead atoms. The Kier molecular flexibility index (Phi) is 5.74. The summed E-state index contributed by atoms with van der Waals surface area (Å²) in [7, 11) is 3.51. The third kappa shape index (κ3) is 4.03. The van der Waals surface area contributed by atoms with E-state index in [-0.39, 0.29) is 11.9 Å². The predicted molar refractivity (Wildman–Crippen MR) is 84.3 cm³/mol. The zero-order valence-electron chi connectivity index (χ0n) is 12.2. The molecule has 0 saturated heterocycles. The molecule has 0 aliphatic carbocycles. The molecule has 0 aliphatic rings. The molecule has 1 unspecified atom stereocenters. The van der Waals surface area contributed by atoms with Crippen molar-refractivity contribution in [3.8, 4) is 0 Å². The van der Waals surface area contributed by atoms with Crippen LogP contribution in [0.4, 0.5) is 4.39 Å². The lowest BCUT2D eigenvalue weighted by atomic mass is 9.97. The Morgan fingerprint density at radius 2 is 1.90 bits per heavy atom. The van der Waals surface area contributed by atoms with Crippen molar-refractivity contribution in [2.24, 2.45) is 0 Å². The molecule has 0 spiro atoms. The van der Waals surface area contributed by atoms with E-state index in [0.29, 0.717) is 17.2 Å². The Balaban J connectivity index is 2.24. The number of nitrogens with one attached hydrogen (secondary N) is 1. The average Bonchev–Trinajstić information content (AvgIpc) is 2.49. The largest absolute Gasteiger partial charge is 0.384 e. The van der Waals surface area contributed by atoms with E-state index in [2.05, 4.69) is 5.32 Å². The van der Waals surface area contributed by atoms with Gasteiger partial charge in [0.05, 0.1) is 12.6 Å². The summed E-state index contributed by atoms with van der Waals surface area (Å²) in [6, 6.07) is 12.7. The van der Waals surface area contributed by atoms with Crippen LogP contribution in [0.25, 0.3) is 0 Å². The Labute approximate surface area is 129 Å². The molecule has 2 rings (SSSR count). The minimum absolute atomic E-state index is 0.196. The molecule has 0 amide bonds. The first-order valence-electron chi connectivity index (χ1n) is 6.85. The quantitative estimate of drug-likeness (QED) is 0.871. The van der Waals surface area contributed by atoms with Gasteiger partial charge in [0.15, 0.2) is 0 Å². The van der Waals surface area contributed by atoms with Crippen LogP contribution >= 0.6 is 11.6 Å². The minimum atomic E-state index is -0.301. The van der Waals surface area contributed by atoms with Crippen molar-refractivity contribution >= 4 is 11.6 Å². The zero-order valence-corrected chi connectivity index (χ0v) is 13.0. The van der Waals surface area contributed by atoms with Gasteiger partial charge in [0.1, 0.15) is 5.82 Å². The molecule has 2 aromatic carbocycles. The summed E-state index contributed by atoms with van der Waals surface area (Å²) in [6.07, 6.45) is 0.871. The van der Waals surface area contributed by atoms with Crippen LogP contribution in [0.1, 0.15) is 22.7 Å². The second-order valence-electron chi connectivity index (χ2n) is 4.87. The molecule has 0 aromatic heterocycles. The Morgan fingerprint density at radius 3 is 2.48 bits per heavy atom. The number of methoxy groups -OCH3 is 1. The molecule has 1 atom stereocenters. The summed E-state index contributed by atoms with van der Waals surface area (Å²) in [4.78, 5) is 0. The van der Waals surface area contributed by atoms with Crippen molar-refractivity contribution in [2.75, 3.05) is 20.8 Å². The van der Waals surface area contributed by atoms with Crippen LogP contribution in [0.5, 0.6) is 0 Å². The first-order chi connectivity index (χ1) is 10.2. The maximum atomic E-state index is 14.1. The lowest BCUT2D eigenvalue weighted by Gasteiger charge is -2.18. The van der Waals surface area contributed by atoms with Crippen LogP contribution in [0, 0.1) is 5.82 Å². The minimum Gasteiger partial charge on any atom is -0.384 e. The summed E-state index contributed by atoms with van der Waals surface area (Å²) in [6.45, 7) is 0.695. The van der Waals surface area contributed by atoms with Crippen LogP contribution < -0.4 is 5.32 Å². The lowest BCUT2D eigenvalue weighted by Crippen LogP contribution is -2.19. The Bertz CT molecular complexity index is 586. The summed E-state index contributed by atoms with van der Waals surface area (Å²) in [5.41, 5.74) is 2.80. The van der Waals surface area contributed by atoms with E-state index in [1.54, 1.807) is 19.2 Å². The maximum Gasteiger partial charge on any atom is 0.129 e. The van der Waals surface area contributed by atoms with Crippen LogP contribution in [0.3, 0.4) is 0 Å². The topological polar surface area (TPSA) is 21.3 Å². The van der Waals surface area contributed by atoms with Gasteiger partial charge in [-0.05, 0) is 36.7 Å². The second-order valence-corrected chi connectivity index (χ2v) is 5.31. The Hall–Kier alpha value is -1.42. The zero-order chi connectivity index (χ0) is 15.2. The fourth-order valence-electron chi connectivity index (χ4n) is 2.33. The highest BCUT2D eigenvalue weighted by molar-refractivity contribution is 6.30. The van der Waals surface area contributed by atoms with Gasteiger partial charge in [0, 0.05) is 17.7 Å². The van der Waals surface area contributed by atoms with Crippen molar-refractivity contribution in [1.29, 1.82) is 0 Å². The molecular formula is C17H19ClFNO. The second kappa shape index (κ2) is 7.55. The highest BCUT2D eigenvalue weighted by atomic mass is 35.5. The number of rotatable bonds is 6. The van der Waals surface area contributed by atoms with Crippen LogP contribution in [0.2, 0.25) is 5.02 Å². The number of hydrogen-bond donors (Lipinski definition) is 1. The van der Waals surface area contributed by atoms with Gasteiger partial charge in [0.25, 0.3) is 0 Å². The van der Waals surface area contributed by atoms with E-state index < -0.39 is 0 Å². The van der Waals surface area contributed by atoms with E-state index in [1.165, 1.54) is 11.6 Å². The van der Waals surface area contributed by atoms with Crippen molar-refractivity contribution in [3.05, 3.63) is 70.0 Å². The van der Waals surface area contributed by atoms with Crippen molar-refractivity contribution in [2.45, 2.75) is 12.5 Å². The average molecular weight is 308 g/mol. The van der Waals surface area contributed by atoms with Gasteiger partial charge in [-0.3, -0.25) is 0 Å². The summed E-state index contributed by atoms with van der Waals surface area (Å²) < 4.78 is 19.1. The molecule has 112 valence electrons. The van der Waals surface area contributed by atoms with Crippen LogP contribution in [-0.4, -0.2) is 20.8 Å². The monoisotopic (exact) mass is 307 g/mol. The van der Waals surface area contributed by atoms with E-state index >= 15 is 0 Å². The maximum absolute atomic E-state index is 14.1. The predicted octanol–water partition coefficient (Wildman–Crippen LogP) is 3.98. The molecule has 2 nitrogen and oxygen atoms in total. The van der Waals surface area contributed by atoms with Crippen molar-refractivity contribution < 1.29 is 9.13 Å². The molecule has 2 aromatic rings.